The molecule has 5 nitrogen and oxygen atoms in total. The van der Waals surface area contributed by atoms with Gasteiger partial charge >= 0.3 is 6.18 Å². The molecule has 4 rings (SSSR count). The van der Waals surface area contributed by atoms with Crippen LogP contribution in [0, 0.1) is 6.92 Å². The zero-order chi connectivity index (χ0) is 22.3. The number of aryl methyl sites for hydroxylation is 1. The number of hydrogen-bond donors (Lipinski definition) is 0. The molecule has 2 atom stereocenters. The molecule has 1 unspecified atom stereocenters. The average molecular weight is 429 g/mol. The van der Waals surface area contributed by atoms with Crippen LogP contribution in [0.4, 0.5) is 13.2 Å². The maximum absolute atomic E-state index is 13.5. The minimum Gasteiger partial charge on any atom is -0.493 e. The highest BCUT2D eigenvalue weighted by Crippen LogP contribution is 2.42. The van der Waals surface area contributed by atoms with Crippen molar-refractivity contribution in [3.05, 3.63) is 65.2 Å². The van der Waals surface area contributed by atoms with Crippen molar-refractivity contribution in [2.24, 2.45) is 0 Å². The van der Waals surface area contributed by atoms with E-state index in [0.717, 1.165) is 17.3 Å². The van der Waals surface area contributed by atoms with Crippen LogP contribution in [-0.4, -0.2) is 27.2 Å². The number of Topliss-reactive ketones (excluding diaryl/α,β-unsaturated/α-hetero) is 1. The number of fused-ring (bicyclic) bond motifs is 1. The molecule has 0 amide bonds. The fourth-order valence-electron chi connectivity index (χ4n) is 4.13. The molecule has 162 valence electrons. The fourth-order valence-corrected chi connectivity index (χ4v) is 4.13. The molecule has 0 spiro atoms. The summed E-state index contributed by atoms with van der Waals surface area (Å²) in [6.07, 6.45) is -0.746. The smallest absolute Gasteiger partial charge is 0.419 e. The third kappa shape index (κ3) is 3.82. The lowest BCUT2D eigenvalue weighted by Gasteiger charge is -2.29. The number of hydrogen-bond acceptors (Lipinski definition) is 4. The number of ketones is 1. The summed E-state index contributed by atoms with van der Waals surface area (Å²) in [5.41, 5.74) is 2.48. The summed E-state index contributed by atoms with van der Waals surface area (Å²) in [5, 5.41) is 4.42. The van der Waals surface area contributed by atoms with E-state index in [9.17, 15) is 18.0 Å². The number of alkyl halides is 3. The van der Waals surface area contributed by atoms with Crippen LogP contribution in [-0.2, 0) is 6.18 Å². The minimum atomic E-state index is -4.53. The van der Waals surface area contributed by atoms with Crippen LogP contribution < -0.4 is 4.74 Å². The van der Waals surface area contributed by atoms with Crippen molar-refractivity contribution in [1.82, 2.24) is 14.8 Å². The molecule has 0 aliphatic carbocycles. The van der Waals surface area contributed by atoms with E-state index in [1.807, 2.05) is 26.0 Å². The molecule has 1 aliphatic rings. The van der Waals surface area contributed by atoms with E-state index in [4.69, 9.17) is 4.74 Å². The maximum Gasteiger partial charge on any atom is 0.419 e. The molecule has 31 heavy (non-hydrogen) atoms. The summed E-state index contributed by atoms with van der Waals surface area (Å²) in [4.78, 5) is 17.7. The van der Waals surface area contributed by atoms with Gasteiger partial charge in [0, 0.05) is 17.5 Å². The van der Waals surface area contributed by atoms with Gasteiger partial charge in [0.2, 0.25) is 0 Å². The first-order chi connectivity index (χ1) is 14.7. The largest absolute Gasteiger partial charge is 0.493 e. The van der Waals surface area contributed by atoms with Crippen molar-refractivity contribution in [2.45, 2.75) is 45.3 Å². The van der Waals surface area contributed by atoms with Gasteiger partial charge in [0.15, 0.2) is 5.78 Å². The summed E-state index contributed by atoms with van der Waals surface area (Å²) in [6, 6.07) is 7.33. The zero-order valence-corrected chi connectivity index (χ0v) is 17.4. The lowest BCUT2D eigenvalue weighted by Crippen LogP contribution is -2.28. The average Bonchev–Trinajstić information content (AvgIpc) is 3.16. The molecule has 2 aromatic heterocycles. The first-order valence-electron chi connectivity index (χ1n) is 10.1. The normalized spacial score (nSPS) is 18.7. The number of carbonyl (C=O) groups excluding carboxylic acids is 1. The molecule has 3 heterocycles. The van der Waals surface area contributed by atoms with E-state index < -0.39 is 17.7 Å². The molecular formula is C23H22F3N3O2. The highest BCUT2D eigenvalue weighted by Gasteiger charge is 2.38. The van der Waals surface area contributed by atoms with Gasteiger partial charge in [-0.25, -0.2) is 0 Å². The van der Waals surface area contributed by atoms with Crippen LogP contribution in [0.1, 0.15) is 59.5 Å². The summed E-state index contributed by atoms with van der Waals surface area (Å²) in [6.45, 7) is 5.54. The minimum absolute atomic E-state index is 0.0905. The van der Waals surface area contributed by atoms with Crippen molar-refractivity contribution in [2.75, 3.05) is 6.61 Å². The Labute approximate surface area is 177 Å². The zero-order valence-electron chi connectivity index (χ0n) is 17.4. The summed E-state index contributed by atoms with van der Waals surface area (Å²) >= 11 is 0. The second-order valence-electron chi connectivity index (χ2n) is 7.73. The number of benzene rings is 1. The van der Waals surface area contributed by atoms with Gasteiger partial charge in [0.1, 0.15) is 11.4 Å². The summed E-state index contributed by atoms with van der Waals surface area (Å²) in [5.74, 6) is -0.998. The monoisotopic (exact) mass is 429 g/mol. The van der Waals surface area contributed by atoms with Gasteiger partial charge in [-0.2, -0.15) is 18.3 Å². The van der Waals surface area contributed by atoms with Gasteiger partial charge in [0.05, 0.1) is 30.3 Å². The van der Waals surface area contributed by atoms with Gasteiger partial charge in [-0.3, -0.25) is 14.5 Å². The van der Waals surface area contributed by atoms with Crippen LogP contribution in [0.2, 0.25) is 0 Å². The fraction of sp³-hybridized carbons (Fsp3) is 0.348. The van der Waals surface area contributed by atoms with Crippen LogP contribution in [0.5, 0.6) is 5.75 Å². The molecule has 1 aromatic carbocycles. The van der Waals surface area contributed by atoms with Crippen LogP contribution in [0.3, 0.4) is 0 Å². The molecule has 0 bridgehead atoms. The molecule has 0 radical (unpaired) electrons. The molecule has 3 aromatic rings. The molecule has 0 saturated carbocycles. The Balaban J connectivity index is 1.78. The Kier molecular flexibility index (Phi) is 5.33. The highest BCUT2D eigenvalue weighted by atomic mass is 19.4. The Bertz CT molecular complexity index is 1140. The summed E-state index contributed by atoms with van der Waals surface area (Å²) < 4.78 is 47.0. The standard InChI is InChI=1S/C23H22F3N3O2/c1-4-31-20-11-15(5-6-19(20)23(24,25)26)17-10-14(3)29-21(22(17)30)18(12-28-29)16-7-8-27-13(2)9-16/h5-9,11-12,14,17H,4,10H2,1-3H3/t14-,17?/m0/s1. The SMILES string of the molecule is CCOc1cc(C2C[C@H](C)n3ncc(-c4ccnc(C)c4)c3C2=O)ccc1C(F)(F)F. The first-order valence-corrected chi connectivity index (χ1v) is 10.1. The van der Waals surface area contributed by atoms with Crippen LogP contribution in [0.25, 0.3) is 11.1 Å². The number of ether oxygens (including phenoxy) is 1. The van der Waals surface area contributed by atoms with Gasteiger partial charge in [0.25, 0.3) is 0 Å². The number of nitrogens with zero attached hydrogens (tertiary/aromatic N) is 3. The first kappa shape index (κ1) is 21.1. The second kappa shape index (κ2) is 7.83. The predicted molar refractivity (Wildman–Crippen MR) is 109 cm³/mol. The number of aromatic nitrogens is 3. The molecule has 0 N–H and O–H groups in total. The van der Waals surface area contributed by atoms with Crippen molar-refractivity contribution in [1.29, 1.82) is 0 Å². The van der Waals surface area contributed by atoms with E-state index in [1.165, 1.54) is 12.1 Å². The Morgan fingerprint density at radius 2 is 2.00 bits per heavy atom. The van der Waals surface area contributed by atoms with Gasteiger partial charge < -0.3 is 4.74 Å². The molecule has 0 saturated heterocycles. The van der Waals surface area contributed by atoms with Gasteiger partial charge in [-0.05, 0) is 62.6 Å². The second-order valence-corrected chi connectivity index (χ2v) is 7.73. The van der Waals surface area contributed by atoms with Crippen molar-refractivity contribution < 1.29 is 22.7 Å². The Morgan fingerprint density at radius 1 is 1.23 bits per heavy atom. The Hall–Kier alpha value is -3.16. The number of halogens is 3. The maximum atomic E-state index is 13.5. The predicted octanol–water partition coefficient (Wildman–Crippen LogP) is 5.60. The van der Waals surface area contributed by atoms with Crippen molar-refractivity contribution >= 4 is 5.78 Å². The highest BCUT2D eigenvalue weighted by molar-refractivity contribution is 6.05. The Morgan fingerprint density at radius 3 is 2.68 bits per heavy atom. The molecular weight excluding hydrogens is 407 g/mol. The molecule has 8 heteroatoms. The van der Waals surface area contributed by atoms with Crippen molar-refractivity contribution in [3.8, 4) is 16.9 Å². The number of rotatable bonds is 4. The van der Waals surface area contributed by atoms with Crippen LogP contribution in [0.15, 0.2) is 42.7 Å². The third-order valence-electron chi connectivity index (χ3n) is 5.56. The van der Waals surface area contributed by atoms with E-state index in [1.54, 1.807) is 24.0 Å². The number of carbonyl (C=O) groups is 1. The van der Waals surface area contributed by atoms with Gasteiger partial charge in [-0.15, -0.1) is 0 Å². The van der Waals surface area contributed by atoms with E-state index in [-0.39, 0.29) is 24.2 Å². The summed E-state index contributed by atoms with van der Waals surface area (Å²) in [7, 11) is 0. The lowest BCUT2D eigenvalue weighted by molar-refractivity contribution is -0.138. The van der Waals surface area contributed by atoms with E-state index >= 15 is 0 Å². The van der Waals surface area contributed by atoms with Crippen molar-refractivity contribution in [3.63, 3.8) is 0 Å². The van der Waals surface area contributed by atoms with Crippen LogP contribution >= 0.6 is 0 Å². The lowest BCUT2D eigenvalue weighted by atomic mass is 9.83. The number of pyridine rings is 1. The topological polar surface area (TPSA) is 57.0 Å². The quantitative estimate of drug-likeness (QED) is 0.542. The van der Waals surface area contributed by atoms with Gasteiger partial charge in [-0.1, -0.05) is 6.07 Å². The third-order valence-corrected chi connectivity index (χ3v) is 5.56. The molecule has 0 fully saturated rings. The van der Waals surface area contributed by atoms with E-state index in [2.05, 4.69) is 10.1 Å². The van der Waals surface area contributed by atoms with E-state index in [0.29, 0.717) is 23.2 Å². The molecule has 1 aliphatic heterocycles.